The Morgan fingerprint density at radius 3 is 2.30 bits per heavy atom. The summed E-state index contributed by atoms with van der Waals surface area (Å²) in [5.74, 6) is 0.719. The van der Waals surface area contributed by atoms with E-state index in [9.17, 15) is 0 Å². The molecule has 1 aromatic rings. The first kappa shape index (κ1) is 17.2. The number of nitrogens with one attached hydrogen (secondary N) is 1. The Balaban J connectivity index is 2.39. The molecule has 0 aliphatic carbocycles. The summed E-state index contributed by atoms with van der Waals surface area (Å²) in [4.78, 5) is 2.42. The highest BCUT2D eigenvalue weighted by Gasteiger charge is 2.19. The van der Waals surface area contributed by atoms with Crippen LogP contribution in [0.15, 0.2) is 24.3 Å². The van der Waals surface area contributed by atoms with Gasteiger partial charge >= 0.3 is 0 Å². The Kier molecular flexibility index (Phi) is 6.70. The summed E-state index contributed by atoms with van der Waals surface area (Å²) in [5.41, 5.74) is 3.02. The van der Waals surface area contributed by atoms with E-state index in [-0.39, 0.29) is 0 Å². The number of rotatable bonds is 8. The zero-order chi connectivity index (χ0) is 15.2. The van der Waals surface area contributed by atoms with Crippen LogP contribution in [0.5, 0.6) is 0 Å². The van der Waals surface area contributed by atoms with Crippen molar-refractivity contribution in [3.63, 3.8) is 0 Å². The summed E-state index contributed by atoms with van der Waals surface area (Å²) in [6.07, 6.45) is 0. The molecule has 0 saturated heterocycles. The zero-order valence-corrected chi connectivity index (χ0v) is 14.2. The Morgan fingerprint density at radius 2 is 1.75 bits per heavy atom. The van der Waals surface area contributed by atoms with Gasteiger partial charge in [0.2, 0.25) is 0 Å². The predicted molar refractivity (Wildman–Crippen MR) is 89.0 cm³/mol. The lowest BCUT2D eigenvalue weighted by atomic mass is 9.92. The van der Waals surface area contributed by atoms with Gasteiger partial charge in [0.1, 0.15) is 0 Å². The highest BCUT2D eigenvalue weighted by Crippen LogP contribution is 2.17. The standard InChI is InChI=1S/C18H32N2/c1-15(2)11-19-13-18(4,5)14-20(6)12-17-9-7-16(3)8-10-17/h7-10,15,19H,11-14H2,1-6H3. The van der Waals surface area contributed by atoms with Crippen molar-refractivity contribution in [3.05, 3.63) is 35.4 Å². The van der Waals surface area contributed by atoms with Gasteiger partial charge in [-0.2, -0.15) is 0 Å². The number of aryl methyl sites for hydroxylation is 1. The van der Waals surface area contributed by atoms with Crippen molar-refractivity contribution in [1.82, 2.24) is 10.2 Å². The summed E-state index contributed by atoms with van der Waals surface area (Å²) in [5, 5.41) is 3.58. The molecular formula is C18H32N2. The molecule has 0 heterocycles. The van der Waals surface area contributed by atoms with Crippen LogP contribution < -0.4 is 5.32 Å². The lowest BCUT2D eigenvalue weighted by Crippen LogP contribution is -2.39. The summed E-state index contributed by atoms with van der Waals surface area (Å²) >= 11 is 0. The average molecular weight is 276 g/mol. The molecule has 1 N–H and O–H groups in total. The fourth-order valence-corrected chi connectivity index (χ4v) is 2.55. The van der Waals surface area contributed by atoms with Gasteiger partial charge in [-0.25, -0.2) is 0 Å². The number of hydrogen-bond acceptors (Lipinski definition) is 2. The maximum atomic E-state index is 3.58. The first-order valence-electron chi connectivity index (χ1n) is 7.73. The molecule has 0 radical (unpaired) electrons. The lowest BCUT2D eigenvalue weighted by Gasteiger charge is -2.31. The lowest BCUT2D eigenvalue weighted by molar-refractivity contribution is 0.197. The topological polar surface area (TPSA) is 15.3 Å². The van der Waals surface area contributed by atoms with Gasteiger partial charge in [-0.3, -0.25) is 0 Å². The summed E-state index contributed by atoms with van der Waals surface area (Å²) < 4.78 is 0. The monoisotopic (exact) mass is 276 g/mol. The molecule has 0 atom stereocenters. The van der Waals surface area contributed by atoms with Gasteiger partial charge in [0.25, 0.3) is 0 Å². The number of nitrogens with zero attached hydrogens (tertiary/aromatic N) is 1. The quantitative estimate of drug-likeness (QED) is 0.779. The minimum Gasteiger partial charge on any atom is -0.316 e. The van der Waals surface area contributed by atoms with E-state index >= 15 is 0 Å². The van der Waals surface area contributed by atoms with Crippen LogP contribution in [0.4, 0.5) is 0 Å². The van der Waals surface area contributed by atoms with Crippen LogP contribution in [0.2, 0.25) is 0 Å². The van der Waals surface area contributed by atoms with Gasteiger partial charge in [-0.05, 0) is 37.4 Å². The van der Waals surface area contributed by atoms with Crippen molar-refractivity contribution in [2.45, 2.75) is 41.2 Å². The molecule has 114 valence electrons. The normalized spacial score (nSPS) is 12.4. The molecule has 2 nitrogen and oxygen atoms in total. The second-order valence-corrected chi connectivity index (χ2v) is 7.35. The van der Waals surface area contributed by atoms with Crippen molar-refractivity contribution in [2.24, 2.45) is 11.3 Å². The fraction of sp³-hybridized carbons (Fsp3) is 0.667. The van der Waals surface area contributed by atoms with E-state index in [1.807, 2.05) is 0 Å². The van der Waals surface area contributed by atoms with E-state index in [0.717, 1.165) is 32.1 Å². The molecular weight excluding hydrogens is 244 g/mol. The summed E-state index contributed by atoms with van der Waals surface area (Å²) in [6.45, 7) is 15.6. The number of hydrogen-bond donors (Lipinski definition) is 1. The third-order valence-electron chi connectivity index (χ3n) is 3.43. The smallest absolute Gasteiger partial charge is 0.0230 e. The molecule has 0 fully saturated rings. The van der Waals surface area contributed by atoms with E-state index in [1.54, 1.807) is 0 Å². The summed E-state index contributed by atoms with van der Waals surface area (Å²) in [7, 11) is 2.21. The minimum atomic E-state index is 0.300. The van der Waals surface area contributed by atoms with Crippen LogP contribution in [0.3, 0.4) is 0 Å². The van der Waals surface area contributed by atoms with Crippen molar-refractivity contribution < 1.29 is 0 Å². The summed E-state index contributed by atoms with van der Waals surface area (Å²) in [6, 6.07) is 8.85. The van der Waals surface area contributed by atoms with Crippen molar-refractivity contribution in [3.8, 4) is 0 Å². The molecule has 0 unspecified atom stereocenters. The molecule has 0 saturated carbocycles. The van der Waals surface area contributed by atoms with Crippen molar-refractivity contribution in [2.75, 3.05) is 26.7 Å². The first-order valence-corrected chi connectivity index (χ1v) is 7.73. The molecule has 1 rings (SSSR count). The van der Waals surface area contributed by atoms with E-state index < -0.39 is 0 Å². The molecule has 0 aliphatic heterocycles. The third kappa shape index (κ3) is 7.06. The molecule has 0 spiro atoms. The largest absolute Gasteiger partial charge is 0.316 e. The van der Waals surface area contributed by atoms with Gasteiger partial charge in [0.05, 0.1) is 0 Å². The van der Waals surface area contributed by atoms with Gasteiger partial charge in [-0.1, -0.05) is 57.5 Å². The SMILES string of the molecule is Cc1ccc(CN(C)CC(C)(C)CNCC(C)C)cc1. The van der Waals surface area contributed by atoms with Crippen molar-refractivity contribution >= 4 is 0 Å². The highest BCUT2D eigenvalue weighted by molar-refractivity contribution is 5.21. The van der Waals surface area contributed by atoms with Crippen LogP contribution in [0.25, 0.3) is 0 Å². The van der Waals surface area contributed by atoms with E-state index in [1.165, 1.54) is 11.1 Å². The maximum absolute atomic E-state index is 3.58. The van der Waals surface area contributed by atoms with Crippen LogP contribution in [0, 0.1) is 18.3 Å². The Bertz CT molecular complexity index is 379. The predicted octanol–water partition coefficient (Wildman–Crippen LogP) is 3.70. The number of benzene rings is 1. The van der Waals surface area contributed by atoms with Crippen molar-refractivity contribution in [1.29, 1.82) is 0 Å². The second kappa shape index (κ2) is 7.80. The van der Waals surface area contributed by atoms with Gasteiger partial charge in [0.15, 0.2) is 0 Å². The van der Waals surface area contributed by atoms with Crippen LogP contribution >= 0.6 is 0 Å². The van der Waals surface area contributed by atoms with E-state index in [0.29, 0.717) is 5.41 Å². The first-order chi connectivity index (χ1) is 9.28. The highest BCUT2D eigenvalue weighted by atomic mass is 15.1. The molecule has 20 heavy (non-hydrogen) atoms. The third-order valence-corrected chi connectivity index (χ3v) is 3.43. The van der Waals surface area contributed by atoms with E-state index in [4.69, 9.17) is 0 Å². The second-order valence-electron chi connectivity index (χ2n) is 7.35. The van der Waals surface area contributed by atoms with Gasteiger partial charge in [-0.15, -0.1) is 0 Å². The minimum absolute atomic E-state index is 0.300. The van der Waals surface area contributed by atoms with Gasteiger partial charge in [0, 0.05) is 19.6 Å². The molecule has 0 amide bonds. The van der Waals surface area contributed by atoms with Crippen LogP contribution in [-0.4, -0.2) is 31.6 Å². The molecule has 0 aromatic heterocycles. The molecule has 0 bridgehead atoms. The Labute approximate surface area is 125 Å². The molecule has 0 aliphatic rings. The van der Waals surface area contributed by atoms with Crippen LogP contribution in [-0.2, 0) is 6.54 Å². The van der Waals surface area contributed by atoms with Gasteiger partial charge < -0.3 is 10.2 Å². The Morgan fingerprint density at radius 1 is 1.15 bits per heavy atom. The zero-order valence-electron chi connectivity index (χ0n) is 14.2. The Hall–Kier alpha value is -0.860. The molecule has 2 heteroatoms. The van der Waals surface area contributed by atoms with Crippen LogP contribution in [0.1, 0.15) is 38.8 Å². The molecule has 1 aromatic carbocycles. The fourth-order valence-electron chi connectivity index (χ4n) is 2.55. The maximum Gasteiger partial charge on any atom is 0.0230 e. The van der Waals surface area contributed by atoms with E-state index in [2.05, 4.69) is 76.1 Å². The average Bonchev–Trinajstić information content (AvgIpc) is 2.30.